The fourth-order valence-electron chi connectivity index (χ4n) is 1.96. The van der Waals surface area contributed by atoms with Crippen molar-refractivity contribution in [3.63, 3.8) is 0 Å². The smallest absolute Gasteiger partial charge is 0.0901 e. The molecule has 0 saturated carbocycles. The molecule has 19 heavy (non-hydrogen) atoms. The highest BCUT2D eigenvalue weighted by molar-refractivity contribution is 8.93. The Morgan fingerprint density at radius 1 is 0.789 bits per heavy atom. The summed E-state index contributed by atoms with van der Waals surface area (Å²) in [5.74, 6) is 0. The summed E-state index contributed by atoms with van der Waals surface area (Å²) >= 11 is 1.69. The summed E-state index contributed by atoms with van der Waals surface area (Å²) in [4.78, 5) is 4.50. The van der Waals surface area contributed by atoms with E-state index in [1.807, 2.05) is 13.0 Å². The molecule has 1 aromatic heterocycles. The Hall–Kier alpha value is -1.45. The number of benzene rings is 2. The van der Waals surface area contributed by atoms with Gasteiger partial charge in [0.1, 0.15) is 0 Å². The molecule has 0 spiro atoms. The molecule has 1 nitrogen and oxygen atoms in total. The Balaban J connectivity index is 0.00000133. The van der Waals surface area contributed by atoms with E-state index in [9.17, 15) is 0 Å². The second-order valence-corrected chi connectivity index (χ2v) is 5.26. The second kappa shape index (κ2) is 6.13. The van der Waals surface area contributed by atoms with Crippen molar-refractivity contribution in [2.75, 3.05) is 0 Å². The van der Waals surface area contributed by atoms with Crippen LogP contribution < -0.4 is 0 Å². The minimum absolute atomic E-state index is 0. The van der Waals surface area contributed by atoms with Crippen LogP contribution in [0.1, 0.15) is 5.01 Å². The van der Waals surface area contributed by atoms with Gasteiger partial charge in [-0.2, -0.15) is 0 Å². The summed E-state index contributed by atoms with van der Waals surface area (Å²) < 4.78 is 0. The van der Waals surface area contributed by atoms with Crippen LogP contribution in [0.4, 0.5) is 0 Å². The van der Waals surface area contributed by atoms with Gasteiger partial charge in [0.25, 0.3) is 0 Å². The highest BCUT2D eigenvalue weighted by atomic mass is 79.9. The molecule has 0 amide bonds. The van der Waals surface area contributed by atoms with Gasteiger partial charge in [0.2, 0.25) is 0 Å². The highest BCUT2D eigenvalue weighted by Gasteiger charge is 2.02. The first-order chi connectivity index (χ1) is 8.83. The van der Waals surface area contributed by atoms with E-state index < -0.39 is 0 Å². The van der Waals surface area contributed by atoms with E-state index in [-0.39, 0.29) is 17.0 Å². The Kier molecular flexibility index (Phi) is 4.51. The topological polar surface area (TPSA) is 12.9 Å². The molecule has 0 N–H and O–H groups in total. The van der Waals surface area contributed by atoms with Gasteiger partial charge in [-0.1, -0.05) is 54.6 Å². The van der Waals surface area contributed by atoms with Gasteiger partial charge in [0.15, 0.2) is 0 Å². The first-order valence-corrected chi connectivity index (χ1v) is 6.79. The molecular formula is C16H14BrNS. The maximum atomic E-state index is 4.50. The normalized spacial score (nSPS) is 9.95. The van der Waals surface area contributed by atoms with Crippen molar-refractivity contribution in [1.82, 2.24) is 4.98 Å². The van der Waals surface area contributed by atoms with Gasteiger partial charge in [0.05, 0.1) is 10.7 Å². The number of aromatic nitrogens is 1. The molecule has 3 aromatic rings. The predicted octanol–water partition coefficient (Wildman–Crippen LogP) is 5.36. The van der Waals surface area contributed by atoms with Gasteiger partial charge < -0.3 is 0 Å². The van der Waals surface area contributed by atoms with Gasteiger partial charge in [0, 0.05) is 10.9 Å². The number of halogens is 1. The highest BCUT2D eigenvalue weighted by Crippen LogP contribution is 2.25. The molecule has 96 valence electrons. The third-order valence-corrected chi connectivity index (χ3v) is 3.68. The van der Waals surface area contributed by atoms with Gasteiger partial charge in [-0.3, -0.25) is 0 Å². The van der Waals surface area contributed by atoms with Gasteiger partial charge in [-0.25, -0.2) is 4.98 Å². The lowest BCUT2D eigenvalue weighted by atomic mass is 10.0. The Morgan fingerprint density at radius 3 is 1.95 bits per heavy atom. The Labute approximate surface area is 127 Å². The molecule has 0 aliphatic carbocycles. The lowest BCUT2D eigenvalue weighted by Gasteiger charge is -2.02. The maximum Gasteiger partial charge on any atom is 0.0901 e. The molecule has 0 bridgehead atoms. The van der Waals surface area contributed by atoms with Crippen LogP contribution in [0.25, 0.3) is 22.4 Å². The summed E-state index contributed by atoms with van der Waals surface area (Å²) in [6.45, 7) is 2.03. The zero-order valence-electron chi connectivity index (χ0n) is 10.5. The van der Waals surface area contributed by atoms with Crippen LogP contribution in [0.3, 0.4) is 0 Å². The summed E-state index contributed by atoms with van der Waals surface area (Å²) in [6.07, 6.45) is 0. The van der Waals surface area contributed by atoms with Crippen LogP contribution >= 0.6 is 28.3 Å². The zero-order valence-corrected chi connectivity index (χ0v) is 13.1. The number of rotatable bonds is 2. The fourth-order valence-corrected chi connectivity index (χ4v) is 2.58. The number of hydrogen-bond donors (Lipinski definition) is 0. The van der Waals surface area contributed by atoms with Crippen molar-refractivity contribution in [2.45, 2.75) is 6.92 Å². The monoisotopic (exact) mass is 331 g/mol. The fraction of sp³-hybridized carbons (Fsp3) is 0.0625. The summed E-state index contributed by atoms with van der Waals surface area (Å²) in [7, 11) is 0. The number of thiazole rings is 1. The lowest BCUT2D eigenvalue weighted by Crippen LogP contribution is -1.80. The van der Waals surface area contributed by atoms with Gasteiger partial charge in [-0.15, -0.1) is 28.3 Å². The standard InChI is InChI=1S/C16H13NS.BrH/c1-12-17-16(11-18-12)15-9-7-14(8-10-15)13-5-3-2-4-6-13;/h2-11H,1H3;1H. The van der Waals surface area contributed by atoms with E-state index in [2.05, 4.69) is 58.9 Å². The largest absolute Gasteiger partial charge is 0.242 e. The van der Waals surface area contributed by atoms with E-state index in [1.165, 1.54) is 16.7 Å². The SMILES string of the molecule is Br.Cc1nc(-c2ccc(-c3ccccc3)cc2)cs1. The first kappa shape index (κ1) is 14.0. The molecule has 0 unspecified atom stereocenters. The number of aryl methyl sites for hydroxylation is 1. The quantitative estimate of drug-likeness (QED) is 0.615. The summed E-state index contributed by atoms with van der Waals surface area (Å²) in [6, 6.07) is 19.0. The molecule has 0 radical (unpaired) electrons. The summed E-state index contributed by atoms with van der Waals surface area (Å²) in [5, 5.41) is 3.21. The van der Waals surface area contributed by atoms with Crippen LogP contribution in [0, 0.1) is 6.92 Å². The molecular weight excluding hydrogens is 318 g/mol. The van der Waals surface area contributed by atoms with Crippen LogP contribution in [-0.2, 0) is 0 Å². The van der Waals surface area contributed by atoms with Crippen molar-refractivity contribution in [2.24, 2.45) is 0 Å². The van der Waals surface area contributed by atoms with Gasteiger partial charge in [-0.05, 0) is 18.1 Å². The molecule has 0 atom stereocenters. The van der Waals surface area contributed by atoms with Crippen molar-refractivity contribution in [3.8, 4) is 22.4 Å². The van der Waals surface area contributed by atoms with Crippen molar-refractivity contribution in [1.29, 1.82) is 0 Å². The van der Waals surface area contributed by atoms with Crippen LogP contribution in [0.2, 0.25) is 0 Å². The minimum atomic E-state index is 0. The molecule has 0 aliphatic rings. The van der Waals surface area contributed by atoms with Crippen LogP contribution in [0.5, 0.6) is 0 Å². The molecule has 2 aromatic carbocycles. The molecule has 0 fully saturated rings. The van der Waals surface area contributed by atoms with Crippen LogP contribution in [0.15, 0.2) is 60.0 Å². The van der Waals surface area contributed by atoms with E-state index in [0.717, 1.165) is 10.7 Å². The van der Waals surface area contributed by atoms with E-state index in [0.29, 0.717) is 0 Å². The average Bonchev–Trinajstić information content (AvgIpc) is 2.87. The minimum Gasteiger partial charge on any atom is -0.242 e. The second-order valence-electron chi connectivity index (χ2n) is 4.20. The third-order valence-electron chi connectivity index (χ3n) is 2.91. The Morgan fingerprint density at radius 2 is 1.37 bits per heavy atom. The van der Waals surface area contributed by atoms with Crippen molar-refractivity contribution in [3.05, 3.63) is 65.0 Å². The van der Waals surface area contributed by atoms with E-state index in [4.69, 9.17) is 0 Å². The van der Waals surface area contributed by atoms with Crippen molar-refractivity contribution >= 4 is 28.3 Å². The van der Waals surface area contributed by atoms with Gasteiger partial charge >= 0.3 is 0 Å². The lowest BCUT2D eigenvalue weighted by molar-refractivity contribution is 1.30. The predicted molar refractivity (Wildman–Crippen MR) is 88.0 cm³/mol. The van der Waals surface area contributed by atoms with E-state index in [1.54, 1.807) is 11.3 Å². The zero-order chi connectivity index (χ0) is 12.4. The van der Waals surface area contributed by atoms with Crippen molar-refractivity contribution < 1.29 is 0 Å². The molecule has 3 heteroatoms. The third kappa shape index (κ3) is 3.11. The molecule has 0 aliphatic heterocycles. The first-order valence-electron chi connectivity index (χ1n) is 5.91. The Bertz CT molecular complexity index is 644. The summed E-state index contributed by atoms with van der Waals surface area (Å²) in [5.41, 5.74) is 4.74. The van der Waals surface area contributed by atoms with Crippen LogP contribution in [-0.4, -0.2) is 4.98 Å². The number of hydrogen-bond acceptors (Lipinski definition) is 2. The average molecular weight is 332 g/mol. The molecule has 1 heterocycles. The molecule has 3 rings (SSSR count). The molecule has 0 saturated heterocycles. The maximum absolute atomic E-state index is 4.50. The number of nitrogens with zero attached hydrogens (tertiary/aromatic N) is 1. The van der Waals surface area contributed by atoms with E-state index >= 15 is 0 Å².